The van der Waals surface area contributed by atoms with E-state index in [9.17, 15) is 4.79 Å². The Morgan fingerprint density at radius 2 is 2.00 bits per heavy atom. The number of primary amides is 1. The number of anilines is 1. The molecule has 0 aliphatic carbocycles. The van der Waals surface area contributed by atoms with Gasteiger partial charge in [0, 0.05) is 28.4 Å². The fourth-order valence-electron chi connectivity index (χ4n) is 2.97. The summed E-state index contributed by atoms with van der Waals surface area (Å²) in [5, 5.41) is 4.31. The minimum atomic E-state index is -0.470. The van der Waals surface area contributed by atoms with Crippen LogP contribution in [-0.2, 0) is 6.54 Å². The van der Waals surface area contributed by atoms with Crippen molar-refractivity contribution in [2.75, 3.05) is 5.32 Å². The van der Waals surface area contributed by atoms with Gasteiger partial charge in [0.2, 0.25) is 0 Å². The molecule has 2 aromatic heterocycles. The highest BCUT2D eigenvalue weighted by atomic mass is 16.1. The number of nitrogens with zero attached hydrogens (tertiary/aromatic N) is 1. The number of amides is 1. The number of hydrogen-bond acceptors (Lipinski definition) is 3. The average molecular weight is 331 g/mol. The van der Waals surface area contributed by atoms with Gasteiger partial charge in [0.05, 0.1) is 18.6 Å². The predicted octanol–water partition coefficient (Wildman–Crippen LogP) is 3.27. The second kappa shape index (κ2) is 6.16. The molecular formula is C19H17N5O. The van der Waals surface area contributed by atoms with Gasteiger partial charge < -0.3 is 21.0 Å². The van der Waals surface area contributed by atoms with Crippen LogP contribution in [0.25, 0.3) is 22.0 Å². The third-order valence-electron chi connectivity index (χ3n) is 4.15. The summed E-state index contributed by atoms with van der Waals surface area (Å²) in [6.07, 6.45) is 3.43. The Kier molecular flexibility index (Phi) is 3.70. The molecule has 0 aliphatic heterocycles. The van der Waals surface area contributed by atoms with Gasteiger partial charge in [0.25, 0.3) is 5.91 Å². The fraction of sp³-hybridized carbons (Fsp3) is 0.0526. The number of H-pyrrole nitrogens is 2. The summed E-state index contributed by atoms with van der Waals surface area (Å²) in [6.45, 7) is 0.638. The Hall–Kier alpha value is -3.54. The van der Waals surface area contributed by atoms with Crippen molar-refractivity contribution in [1.82, 2.24) is 15.0 Å². The molecule has 4 aromatic rings. The van der Waals surface area contributed by atoms with E-state index in [0.29, 0.717) is 12.2 Å². The minimum Gasteiger partial charge on any atom is -0.379 e. The molecule has 0 bridgehead atoms. The van der Waals surface area contributed by atoms with Crippen molar-refractivity contribution in [3.63, 3.8) is 0 Å². The zero-order valence-corrected chi connectivity index (χ0v) is 13.4. The molecule has 0 atom stereocenters. The maximum atomic E-state index is 11.9. The maximum absolute atomic E-state index is 11.9. The van der Waals surface area contributed by atoms with E-state index >= 15 is 0 Å². The predicted molar refractivity (Wildman–Crippen MR) is 98.2 cm³/mol. The first kappa shape index (κ1) is 15.0. The third kappa shape index (κ3) is 2.85. The monoisotopic (exact) mass is 331 g/mol. The Bertz CT molecular complexity index is 1020. The molecule has 4 rings (SSSR count). The van der Waals surface area contributed by atoms with E-state index in [-0.39, 0.29) is 0 Å². The number of nitrogens with one attached hydrogen (secondary N) is 3. The summed E-state index contributed by atoms with van der Waals surface area (Å²) in [5.41, 5.74) is 10.6. The summed E-state index contributed by atoms with van der Waals surface area (Å²) < 4.78 is 0. The summed E-state index contributed by atoms with van der Waals surface area (Å²) in [4.78, 5) is 22.1. The van der Waals surface area contributed by atoms with E-state index in [4.69, 9.17) is 5.73 Å². The SMILES string of the molecule is NC(=O)c1[nH]c2ccc(NCc3cnc[nH]3)cc2c1-c1ccccc1. The van der Waals surface area contributed by atoms with Crippen molar-refractivity contribution in [3.8, 4) is 11.1 Å². The molecule has 0 saturated heterocycles. The van der Waals surface area contributed by atoms with Crippen molar-refractivity contribution < 1.29 is 4.79 Å². The van der Waals surface area contributed by atoms with Gasteiger partial charge in [0.1, 0.15) is 5.69 Å². The second-order valence-electron chi connectivity index (χ2n) is 5.80. The molecule has 2 heterocycles. The summed E-state index contributed by atoms with van der Waals surface area (Å²) in [6, 6.07) is 15.7. The number of hydrogen-bond donors (Lipinski definition) is 4. The Balaban J connectivity index is 1.79. The number of imidazole rings is 1. The third-order valence-corrected chi connectivity index (χ3v) is 4.15. The van der Waals surface area contributed by atoms with Crippen molar-refractivity contribution >= 4 is 22.5 Å². The highest BCUT2D eigenvalue weighted by Crippen LogP contribution is 2.34. The molecule has 6 heteroatoms. The van der Waals surface area contributed by atoms with Crippen LogP contribution >= 0.6 is 0 Å². The molecule has 25 heavy (non-hydrogen) atoms. The van der Waals surface area contributed by atoms with Crippen LogP contribution in [0.4, 0.5) is 5.69 Å². The normalized spacial score (nSPS) is 10.9. The summed E-state index contributed by atoms with van der Waals surface area (Å²) in [7, 11) is 0. The largest absolute Gasteiger partial charge is 0.379 e. The lowest BCUT2D eigenvalue weighted by Crippen LogP contribution is -2.12. The fourth-order valence-corrected chi connectivity index (χ4v) is 2.97. The van der Waals surface area contributed by atoms with Gasteiger partial charge in [-0.2, -0.15) is 0 Å². The molecule has 0 unspecified atom stereocenters. The number of carbonyl (C=O) groups excluding carboxylic acids is 1. The second-order valence-corrected chi connectivity index (χ2v) is 5.80. The number of aromatic amines is 2. The molecule has 0 fully saturated rings. The van der Waals surface area contributed by atoms with Gasteiger partial charge in [-0.3, -0.25) is 4.79 Å². The van der Waals surface area contributed by atoms with E-state index in [2.05, 4.69) is 20.3 Å². The molecular weight excluding hydrogens is 314 g/mol. The van der Waals surface area contributed by atoms with Crippen molar-refractivity contribution in [2.45, 2.75) is 6.54 Å². The minimum absolute atomic E-state index is 0.423. The number of benzene rings is 2. The number of aromatic nitrogens is 3. The molecule has 5 N–H and O–H groups in total. The van der Waals surface area contributed by atoms with Crippen LogP contribution < -0.4 is 11.1 Å². The zero-order valence-electron chi connectivity index (χ0n) is 13.4. The van der Waals surface area contributed by atoms with Crippen molar-refractivity contribution in [3.05, 3.63) is 72.4 Å². The molecule has 1 amide bonds. The molecule has 6 nitrogen and oxygen atoms in total. The van der Waals surface area contributed by atoms with Crippen LogP contribution in [0.2, 0.25) is 0 Å². The highest BCUT2D eigenvalue weighted by Gasteiger charge is 2.17. The molecule has 0 aliphatic rings. The summed E-state index contributed by atoms with van der Waals surface area (Å²) in [5.74, 6) is -0.470. The maximum Gasteiger partial charge on any atom is 0.265 e. The van der Waals surface area contributed by atoms with Gasteiger partial charge in [-0.05, 0) is 23.8 Å². The number of nitrogens with two attached hydrogens (primary N) is 1. The van der Waals surface area contributed by atoms with Crippen LogP contribution in [-0.4, -0.2) is 20.9 Å². The number of rotatable bonds is 5. The van der Waals surface area contributed by atoms with Gasteiger partial charge >= 0.3 is 0 Å². The number of carbonyl (C=O) groups is 1. The van der Waals surface area contributed by atoms with E-state index in [1.54, 1.807) is 12.5 Å². The van der Waals surface area contributed by atoms with Crippen molar-refractivity contribution in [2.24, 2.45) is 5.73 Å². The van der Waals surface area contributed by atoms with Gasteiger partial charge in [-0.15, -0.1) is 0 Å². The van der Waals surface area contributed by atoms with E-state index < -0.39 is 5.91 Å². The van der Waals surface area contributed by atoms with Crippen LogP contribution in [0, 0.1) is 0 Å². The van der Waals surface area contributed by atoms with E-state index in [0.717, 1.165) is 33.4 Å². The van der Waals surface area contributed by atoms with E-state index in [1.165, 1.54) is 0 Å². The topological polar surface area (TPSA) is 99.6 Å². The van der Waals surface area contributed by atoms with Crippen molar-refractivity contribution in [1.29, 1.82) is 0 Å². The van der Waals surface area contributed by atoms with E-state index in [1.807, 2.05) is 48.5 Å². The Morgan fingerprint density at radius 1 is 1.16 bits per heavy atom. The first-order valence-electron chi connectivity index (χ1n) is 7.94. The van der Waals surface area contributed by atoms with Gasteiger partial charge in [-0.25, -0.2) is 4.98 Å². The first-order chi connectivity index (χ1) is 12.2. The van der Waals surface area contributed by atoms with Crippen LogP contribution in [0.5, 0.6) is 0 Å². The molecule has 0 saturated carbocycles. The highest BCUT2D eigenvalue weighted by molar-refractivity contribution is 6.09. The Labute approximate surface area is 144 Å². The molecule has 0 spiro atoms. The average Bonchev–Trinajstić information content (AvgIpc) is 3.28. The lowest BCUT2D eigenvalue weighted by molar-refractivity contribution is 0.0997. The zero-order chi connectivity index (χ0) is 17.2. The van der Waals surface area contributed by atoms with Crippen LogP contribution in [0.15, 0.2) is 61.1 Å². The van der Waals surface area contributed by atoms with Gasteiger partial charge in [0.15, 0.2) is 0 Å². The lowest BCUT2D eigenvalue weighted by Gasteiger charge is -2.06. The molecule has 0 radical (unpaired) electrons. The lowest BCUT2D eigenvalue weighted by atomic mass is 10.0. The van der Waals surface area contributed by atoms with Gasteiger partial charge in [-0.1, -0.05) is 30.3 Å². The van der Waals surface area contributed by atoms with Crippen LogP contribution in [0.1, 0.15) is 16.2 Å². The smallest absolute Gasteiger partial charge is 0.265 e. The first-order valence-corrected chi connectivity index (χ1v) is 7.94. The molecule has 2 aromatic carbocycles. The quantitative estimate of drug-likeness (QED) is 0.451. The Morgan fingerprint density at radius 3 is 2.72 bits per heavy atom. The standard InChI is InChI=1S/C19H17N5O/c20-19(25)18-17(12-4-2-1-3-5-12)15-8-13(6-7-16(15)24-18)22-10-14-9-21-11-23-14/h1-9,11,22,24H,10H2,(H2,20,25)(H,21,23). The number of fused-ring (bicyclic) bond motifs is 1. The summed E-state index contributed by atoms with van der Waals surface area (Å²) >= 11 is 0. The van der Waals surface area contributed by atoms with Crippen LogP contribution in [0.3, 0.4) is 0 Å². The molecule has 124 valence electrons.